The van der Waals surface area contributed by atoms with Crippen molar-refractivity contribution in [1.82, 2.24) is 19.1 Å². The van der Waals surface area contributed by atoms with Gasteiger partial charge in [-0.1, -0.05) is 48.5 Å². The zero-order chi connectivity index (χ0) is 24.9. The van der Waals surface area contributed by atoms with E-state index in [0.717, 1.165) is 10.1 Å². The van der Waals surface area contributed by atoms with Crippen molar-refractivity contribution < 1.29 is 19.7 Å². The van der Waals surface area contributed by atoms with Gasteiger partial charge in [0.15, 0.2) is 11.2 Å². The number of ether oxygens (including phenoxy) is 1. The summed E-state index contributed by atoms with van der Waals surface area (Å²) in [6, 6.07) is 16.9. The summed E-state index contributed by atoms with van der Waals surface area (Å²) in [5, 5.41) is 23.3. The number of carboxylic acid groups (broad SMARTS) is 1. The molecule has 0 amide bonds. The van der Waals surface area contributed by atoms with E-state index in [-0.39, 0.29) is 36.7 Å². The first-order chi connectivity index (χ1) is 16.8. The van der Waals surface area contributed by atoms with Gasteiger partial charge < -0.3 is 24.8 Å². The quantitative estimate of drug-likeness (QED) is 0.263. The van der Waals surface area contributed by atoms with Crippen LogP contribution in [0.25, 0.3) is 11.2 Å². The molecule has 0 bridgehead atoms. The number of carbonyl (C=O) groups is 1. The molecule has 2 unspecified atom stereocenters. The number of aliphatic hydroxyl groups is 1. The second-order valence-electron chi connectivity index (χ2n) is 8.04. The van der Waals surface area contributed by atoms with E-state index < -0.39 is 29.4 Å². The number of nitrogens with zero attached hydrogens (tertiary/aromatic N) is 3. The zero-order valence-corrected chi connectivity index (χ0v) is 18.9. The number of H-pyrrole nitrogens is 1. The Hall–Kier alpha value is -4.38. The van der Waals surface area contributed by atoms with E-state index in [0.29, 0.717) is 5.75 Å². The van der Waals surface area contributed by atoms with Crippen LogP contribution in [0.3, 0.4) is 0 Å². The lowest BCUT2D eigenvalue weighted by atomic mass is 10.1. The fraction of sp³-hybridized carbons (Fsp3) is 0.250. The number of aromatic amines is 1. The molecule has 11 heteroatoms. The fourth-order valence-corrected chi connectivity index (χ4v) is 3.70. The average molecular weight is 479 g/mol. The van der Waals surface area contributed by atoms with E-state index in [4.69, 9.17) is 4.74 Å². The van der Waals surface area contributed by atoms with Gasteiger partial charge in [-0.3, -0.25) is 14.3 Å². The van der Waals surface area contributed by atoms with Gasteiger partial charge in [0.25, 0.3) is 5.56 Å². The highest BCUT2D eigenvalue weighted by atomic mass is 16.5. The summed E-state index contributed by atoms with van der Waals surface area (Å²) >= 11 is 0. The minimum Gasteiger partial charge on any atom is -0.491 e. The summed E-state index contributed by atoms with van der Waals surface area (Å²) in [5.41, 5.74) is -0.490. The highest BCUT2D eigenvalue weighted by molar-refractivity contribution is 5.79. The molecule has 0 fully saturated rings. The lowest BCUT2D eigenvalue weighted by molar-refractivity contribution is -0.137. The maximum atomic E-state index is 12.7. The highest BCUT2D eigenvalue weighted by Gasteiger charge is 2.25. The van der Waals surface area contributed by atoms with E-state index in [9.17, 15) is 24.6 Å². The topological polar surface area (TPSA) is 151 Å². The van der Waals surface area contributed by atoms with Gasteiger partial charge >= 0.3 is 11.7 Å². The lowest BCUT2D eigenvalue weighted by Crippen LogP contribution is -2.34. The van der Waals surface area contributed by atoms with Crippen LogP contribution in [0, 0.1) is 0 Å². The molecule has 0 spiro atoms. The number of imidazole rings is 1. The number of aromatic nitrogens is 4. The van der Waals surface area contributed by atoms with Crippen LogP contribution < -0.4 is 21.3 Å². The third-order valence-corrected chi connectivity index (χ3v) is 5.47. The van der Waals surface area contributed by atoms with Crippen LogP contribution in [0.1, 0.15) is 5.56 Å². The summed E-state index contributed by atoms with van der Waals surface area (Å²) < 4.78 is 8.12. The van der Waals surface area contributed by atoms with Crippen molar-refractivity contribution in [3.05, 3.63) is 87.1 Å². The molecular weight excluding hydrogens is 454 g/mol. The summed E-state index contributed by atoms with van der Waals surface area (Å²) in [5.74, 6) is -0.522. The predicted octanol–water partition coefficient (Wildman–Crippen LogP) is 0.971. The minimum atomic E-state index is -1.12. The van der Waals surface area contributed by atoms with Gasteiger partial charge in [-0.2, -0.15) is 4.98 Å². The number of nitrogens with one attached hydrogen (secondary N) is 2. The van der Waals surface area contributed by atoms with Crippen molar-refractivity contribution in [2.75, 3.05) is 11.9 Å². The number of fused-ring (bicyclic) bond motifs is 1. The molecule has 11 nitrogen and oxygen atoms in total. The maximum absolute atomic E-state index is 12.7. The Morgan fingerprint density at radius 3 is 2.43 bits per heavy atom. The molecule has 4 rings (SSSR count). The second kappa shape index (κ2) is 10.3. The van der Waals surface area contributed by atoms with Gasteiger partial charge in [0.1, 0.15) is 24.5 Å². The molecule has 0 aliphatic rings. The molecule has 35 heavy (non-hydrogen) atoms. The number of rotatable bonds is 10. The number of aryl methyl sites for hydroxylation is 1. The van der Waals surface area contributed by atoms with Crippen molar-refractivity contribution >= 4 is 23.1 Å². The van der Waals surface area contributed by atoms with Gasteiger partial charge in [0, 0.05) is 13.5 Å². The Morgan fingerprint density at radius 1 is 1.11 bits per heavy atom. The zero-order valence-electron chi connectivity index (χ0n) is 18.9. The number of aliphatic hydroxyl groups excluding tert-OH is 1. The van der Waals surface area contributed by atoms with Crippen LogP contribution in [0.15, 0.2) is 70.3 Å². The number of anilines is 1. The molecule has 2 atom stereocenters. The monoisotopic (exact) mass is 479 g/mol. The number of carboxylic acids is 1. The van der Waals surface area contributed by atoms with E-state index >= 15 is 0 Å². The van der Waals surface area contributed by atoms with Crippen molar-refractivity contribution in [1.29, 1.82) is 0 Å². The molecule has 4 N–H and O–H groups in total. The number of hydrogen-bond acceptors (Lipinski definition) is 7. The maximum Gasteiger partial charge on any atom is 0.329 e. The normalized spacial score (nSPS) is 12.9. The first-order valence-corrected chi connectivity index (χ1v) is 10.9. The number of hydrogen-bond donors (Lipinski definition) is 4. The predicted molar refractivity (Wildman–Crippen MR) is 129 cm³/mol. The average Bonchev–Trinajstić information content (AvgIpc) is 3.20. The Labute approximate surface area is 199 Å². The Morgan fingerprint density at radius 2 is 1.77 bits per heavy atom. The van der Waals surface area contributed by atoms with E-state index in [2.05, 4.69) is 15.3 Å². The third-order valence-electron chi connectivity index (χ3n) is 5.47. The molecule has 0 saturated carbocycles. The standard InChI is InChI=1S/C24H25N5O6/c1-28-20-19(21(31)27-24(28)34)29(13-16(30)14-35-17-10-6-3-7-11-17)23(26-20)25-18(22(32)33)12-15-8-4-2-5-9-15/h2-11,16,18,30H,12-14H2,1H3,(H,25,26)(H,32,33)(H,27,31,34). The fourth-order valence-electron chi connectivity index (χ4n) is 3.70. The van der Waals surface area contributed by atoms with Crippen LogP contribution in [-0.2, 0) is 24.8 Å². The Bertz CT molecular complexity index is 1430. The minimum absolute atomic E-state index is 0.0252. The Kier molecular flexibility index (Phi) is 6.97. The molecular formula is C24H25N5O6. The largest absolute Gasteiger partial charge is 0.491 e. The van der Waals surface area contributed by atoms with Gasteiger partial charge in [-0.25, -0.2) is 9.59 Å². The van der Waals surface area contributed by atoms with Crippen LogP contribution in [-0.4, -0.2) is 54.0 Å². The van der Waals surface area contributed by atoms with Crippen LogP contribution in [0.4, 0.5) is 5.95 Å². The van der Waals surface area contributed by atoms with Gasteiger partial charge in [0.2, 0.25) is 5.95 Å². The first-order valence-electron chi connectivity index (χ1n) is 10.9. The van der Waals surface area contributed by atoms with E-state index in [1.54, 1.807) is 36.4 Å². The lowest BCUT2D eigenvalue weighted by Gasteiger charge is -2.19. The van der Waals surface area contributed by atoms with Gasteiger partial charge in [-0.05, 0) is 17.7 Å². The molecule has 182 valence electrons. The third kappa shape index (κ3) is 5.41. The summed E-state index contributed by atoms with van der Waals surface area (Å²) in [4.78, 5) is 43.3. The molecule has 0 aliphatic heterocycles. The van der Waals surface area contributed by atoms with Gasteiger partial charge in [-0.15, -0.1) is 0 Å². The van der Waals surface area contributed by atoms with E-state index in [1.165, 1.54) is 11.6 Å². The molecule has 0 aliphatic carbocycles. The van der Waals surface area contributed by atoms with Crippen molar-refractivity contribution in [2.24, 2.45) is 7.05 Å². The van der Waals surface area contributed by atoms with Crippen LogP contribution >= 0.6 is 0 Å². The molecule has 4 aromatic rings. The van der Waals surface area contributed by atoms with E-state index in [1.807, 2.05) is 24.3 Å². The summed E-state index contributed by atoms with van der Waals surface area (Å²) in [6.45, 7) is -0.218. The highest BCUT2D eigenvalue weighted by Crippen LogP contribution is 2.19. The van der Waals surface area contributed by atoms with Crippen LogP contribution in [0.2, 0.25) is 0 Å². The first kappa shape index (κ1) is 23.8. The molecule has 2 heterocycles. The molecule has 2 aromatic carbocycles. The summed E-state index contributed by atoms with van der Waals surface area (Å²) in [6.07, 6.45) is -0.920. The van der Waals surface area contributed by atoms with Crippen molar-refractivity contribution in [2.45, 2.75) is 25.1 Å². The number of benzene rings is 2. The van der Waals surface area contributed by atoms with Crippen LogP contribution in [0.5, 0.6) is 5.75 Å². The molecule has 0 saturated heterocycles. The Balaban J connectivity index is 1.67. The van der Waals surface area contributed by atoms with Crippen molar-refractivity contribution in [3.8, 4) is 5.75 Å². The molecule has 0 radical (unpaired) electrons. The summed E-state index contributed by atoms with van der Waals surface area (Å²) in [7, 11) is 1.44. The second-order valence-corrected chi connectivity index (χ2v) is 8.04. The molecule has 2 aromatic heterocycles. The van der Waals surface area contributed by atoms with Crippen molar-refractivity contribution in [3.63, 3.8) is 0 Å². The van der Waals surface area contributed by atoms with Gasteiger partial charge in [0.05, 0.1) is 6.54 Å². The number of para-hydroxylation sites is 1. The number of aliphatic carboxylic acids is 1. The smallest absolute Gasteiger partial charge is 0.329 e. The SMILES string of the molecule is Cn1c(=O)[nH]c(=O)c2c1nc(NC(Cc1ccccc1)C(=O)O)n2CC(O)COc1ccccc1.